The van der Waals surface area contributed by atoms with E-state index in [9.17, 15) is 24.0 Å². The summed E-state index contributed by atoms with van der Waals surface area (Å²) >= 11 is 0.719. The van der Waals surface area contributed by atoms with Crippen molar-refractivity contribution in [1.82, 2.24) is 16.0 Å². The molecule has 0 bridgehead atoms. The topological polar surface area (TPSA) is 142 Å². The summed E-state index contributed by atoms with van der Waals surface area (Å²) in [6.45, 7) is 3.26. The van der Waals surface area contributed by atoms with Crippen LogP contribution in [0.4, 0.5) is 4.79 Å². The molecule has 1 aliphatic rings. The zero-order chi connectivity index (χ0) is 17.6. The second kappa shape index (κ2) is 8.51. The maximum Gasteiger partial charge on any atom is 0.326 e. The Hall–Kier alpha value is -2.10. The lowest BCUT2D eigenvalue weighted by atomic mass is 10.0. The van der Waals surface area contributed by atoms with E-state index in [-0.39, 0.29) is 18.8 Å². The second-order valence-electron chi connectivity index (χ2n) is 5.45. The smallest absolute Gasteiger partial charge is 0.326 e. The van der Waals surface area contributed by atoms with Crippen molar-refractivity contribution >= 4 is 40.7 Å². The summed E-state index contributed by atoms with van der Waals surface area (Å²) in [7, 11) is 0. The fourth-order valence-corrected chi connectivity index (χ4v) is 2.70. The van der Waals surface area contributed by atoms with Gasteiger partial charge in [-0.25, -0.2) is 4.79 Å². The van der Waals surface area contributed by atoms with E-state index in [1.807, 2.05) is 13.8 Å². The molecule has 4 N–H and O–H groups in total. The third-order valence-corrected chi connectivity index (χ3v) is 3.91. The molecule has 10 heteroatoms. The molecule has 1 aliphatic heterocycles. The van der Waals surface area contributed by atoms with Gasteiger partial charge in [0.15, 0.2) is 0 Å². The van der Waals surface area contributed by atoms with Crippen molar-refractivity contribution in [3.63, 3.8) is 0 Å². The maximum absolute atomic E-state index is 11.7. The van der Waals surface area contributed by atoms with Crippen LogP contribution >= 0.6 is 11.8 Å². The van der Waals surface area contributed by atoms with Crippen molar-refractivity contribution in [2.45, 2.75) is 38.0 Å². The van der Waals surface area contributed by atoms with E-state index in [0.29, 0.717) is 0 Å². The molecule has 4 amide bonds. The normalized spacial score (nSPS) is 18.5. The maximum atomic E-state index is 11.7. The summed E-state index contributed by atoms with van der Waals surface area (Å²) in [5.41, 5.74) is 0. The highest BCUT2D eigenvalue weighted by molar-refractivity contribution is 8.15. The number of thioether (sulfide) groups is 1. The molecule has 0 aromatic carbocycles. The number of aliphatic carboxylic acids is 1. The number of carbonyl (C=O) groups is 5. The van der Waals surface area contributed by atoms with Gasteiger partial charge in [0, 0.05) is 6.42 Å². The van der Waals surface area contributed by atoms with Gasteiger partial charge in [-0.1, -0.05) is 25.6 Å². The SMILES string of the molecule is CC(C)C[C@H](NC(=O)CNC(=O)CC1SC(=O)NC1=O)C(=O)O. The highest BCUT2D eigenvalue weighted by Crippen LogP contribution is 2.21. The Morgan fingerprint density at radius 1 is 1.26 bits per heavy atom. The summed E-state index contributed by atoms with van der Waals surface area (Å²) in [6.07, 6.45) is 0.0416. The molecule has 0 aromatic heterocycles. The molecule has 1 fully saturated rings. The summed E-state index contributed by atoms with van der Waals surface area (Å²) < 4.78 is 0. The van der Waals surface area contributed by atoms with Crippen molar-refractivity contribution in [3.05, 3.63) is 0 Å². The quantitative estimate of drug-likeness (QED) is 0.463. The molecule has 1 unspecified atom stereocenters. The van der Waals surface area contributed by atoms with Crippen LogP contribution in [0.3, 0.4) is 0 Å². The Labute approximate surface area is 136 Å². The molecule has 0 spiro atoms. The number of carboxylic acid groups (broad SMARTS) is 1. The number of hydrogen-bond acceptors (Lipinski definition) is 6. The van der Waals surface area contributed by atoms with Crippen LogP contribution in [0.15, 0.2) is 0 Å². The molecule has 1 rings (SSSR count). The lowest BCUT2D eigenvalue weighted by molar-refractivity contribution is -0.142. The number of carboxylic acids is 1. The van der Waals surface area contributed by atoms with Crippen molar-refractivity contribution in [2.75, 3.05) is 6.54 Å². The minimum Gasteiger partial charge on any atom is -0.480 e. The van der Waals surface area contributed by atoms with Gasteiger partial charge in [0.25, 0.3) is 5.24 Å². The minimum atomic E-state index is -1.14. The zero-order valence-electron chi connectivity index (χ0n) is 12.8. The first-order chi connectivity index (χ1) is 10.7. The highest BCUT2D eigenvalue weighted by atomic mass is 32.2. The molecule has 0 aromatic rings. The van der Waals surface area contributed by atoms with Gasteiger partial charge < -0.3 is 15.7 Å². The molecule has 2 atom stereocenters. The lowest BCUT2D eigenvalue weighted by Gasteiger charge is -2.16. The Morgan fingerprint density at radius 3 is 2.39 bits per heavy atom. The van der Waals surface area contributed by atoms with Gasteiger partial charge in [-0.3, -0.25) is 24.5 Å². The zero-order valence-corrected chi connectivity index (χ0v) is 13.6. The molecule has 9 nitrogen and oxygen atoms in total. The van der Waals surface area contributed by atoms with E-state index < -0.39 is 46.8 Å². The lowest BCUT2D eigenvalue weighted by Crippen LogP contribution is -2.46. The van der Waals surface area contributed by atoms with Crippen LogP contribution in [-0.2, 0) is 19.2 Å². The van der Waals surface area contributed by atoms with E-state index in [1.54, 1.807) is 0 Å². The first-order valence-electron chi connectivity index (χ1n) is 6.99. The molecular weight excluding hydrogens is 326 g/mol. The minimum absolute atomic E-state index is 0.0847. The van der Waals surface area contributed by atoms with Crippen LogP contribution in [0.5, 0.6) is 0 Å². The molecule has 0 radical (unpaired) electrons. The van der Waals surface area contributed by atoms with E-state index in [0.717, 1.165) is 11.8 Å². The number of rotatable bonds is 8. The van der Waals surface area contributed by atoms with Crippen molar-refractivity contribution < 1.29 is 29.1 Å². The summed E-state index contributed by atoms with van der Waals surface area (Å²) in [5.74, 6) is -2.80. The van der Waals surface area contributed by atoms with Crippen LogP contribution in [-0.4, -0.2) is 51.9 Å². The molecule has 23 heavy (non-hydrogen) atoms. The fourth-order valence-electron chi connectivity index (χ4n) is 1.89. The molecule has 128 valence electrons. The third kappa shape index (κ3) is 6.68. The number of nitrogens with one attached hydrogen (secondary N) is 3. The van der Waals surface area contributed by atoms with Gasteiger partial charge in [0.2, 0.25) is 17.7 Å². The van der Waals surface area contributed by atoms with Gasteiger partial charge in [-0.2, -0.15) is 0 Å². The van der Waals surface area contributed by atoms with Gasteiger partial charge in [-0.05, 0) is 12.3 Å². The van der Waals surface area contributed by atoms with Crippen LogP contribution in [0.25, 0.3) is 0 Å². The van der Waals surface area contributed by atoms with Crippen LogP contribution in [0.1, 0.15) is 26.7 Å². The van der Waals surface area contributed by atoms with E-state index in [1.165, 1.54) is 0 Å². The van der Waals surface area contributed by atoms with Gasteiger partial charge in [-0.15, -0.1) is 0 Å². The Kier molecular flexibility index (Phi) is 7.01. The Balaban J connectivity index is 2.37. The van der Waals surface area contributed by atoms with Crippen molar-refractivity contribution in [3.8, 4) is 0 Å². The number of hydrogen-bond donors (Lipinski definition) is 4. The van der Waals surface area contributed by atoms with Crippen molar-refractivity contribution in [2.24, 2.45) is 5.92 Å². The van der Waals surface area contributed by atoms with Crippen molar-refractivity contribution in [1.29, 1.82) is 0 Å². The molecule has 0 aliphatic carbocycles. The largest absolute Gasteiger partial charge is 0.480 e. The first-order valence-corrected chi connectivity index (χ1v) is 7.87. The first kappa shape index (κ1) is 18.9. The molecule has 1 saturated heterocycles. The average Bonchev–Trinajstić information content (AvgIpc) is 2.73. The van der Waals surface area contributed by atoms with E-state index >= 15 is 0 Å². The summed E-state index contributed by atoms with van der Waals surface area (Å²) in [6, 6.07) is -1.02. The predicted octanol–water partition coefficient (Wildman–Crippen LogP) is -0.540. The second-order valence-corrected chi connectivity index (χ2v) is 6.63. The van der Waals surface area contributed by atoms with E-state index in [2.05, 4.69) is 16.0 Å². The van der Waals surface area contributed by atoms with Crippen LogP contribution < -0.4 is 16.0 Å². The van der Waals surface area contributed by atoms with Crippen LogP contribution in [0.2, 0.25) is 0 Å². The van der Waals surface area contributed by atoms with Gasteiger partial charge >= 0.3 is 5.97 Å². The van der Waals surface area contributed by atoms with Gasteiger partial charge in [0.05, 0.1) is 6.54 Å². The Bertz CT molecular complexity index is 522. The number of carbonyl (C=O) groups excluding carboxylic acids is 4. The molecule has 1 heterocycles. The molecular formula is C13H19N3O6S. The summed E-state index contributed by atoms with van der Waals surface area (Å²) in [4.78, 5) is 56.6. The standard InChI is InChI=1S/C13H19N3O6S/c1-6(2)3-7(12(20)21)15-10(18)5-14-9(17)4-8-11(19)16-13(22)23-8/h6-8H,3-5H2,1-2H3,(H,14,17)(H,15,18)(H,20,21)(H,16,19,22)/t7-,8?/m0/s1. The van der Waals surface area contributed by atoms with Crippen LogP contribution in [0, 0.1) is 5.92 Å². The Morgan fingerprint density at radius 2 is 1.91 bits per heavy atom. The summed E-state index contributed by atoms with van der Waals surface area (Å²) in [5, 5.41) is 14.4. The van der Waals surface area contributed by atoms with Gasteiger partial charge in [0.1, 0.15) is 11.3 Å². The van der Waals surface area contributed by atoms with E-state index in [4.69, 9.17) is 5.11 Å². The average molecular weight is 345 g/mol. The predicted molar refractivity (Wildman–Crippen MR) is 81.6 cm³/mol. The number of imide groups is 1. The molecule has 0 saturated carbocycles. The fraction of sp³-hybridized carbons (Fsp3) is 0.615. The monoisotopic (exact) mass is 345 g/mol. The third-order valence-electron chi connectivity index (χ3n) is 2.92. The number of amides is 4. The highest BCUT2D eigenvalue weighted by Gasteiger charge is 2.33.